The number of hydrogen-bond donors (Lipinski definition) is 2. The number of nitrogens with one attached hydrogen (secondary N) is 2. The Labute approximate surface area is 98.4 Å². The number of rotatable bonds is 2. The van der Waals surface area contributed by atoms with Crippen LogP contribution in [0.3, 0.4) is 0 Å². The van der Waals surface area contributed by atoms with Crippen LogP contribution < -0.4 is 10.6 Å². The van der Waals surface area contributed by atoms with Gasteiger partial charge in [-0.15, -0.1) is 0 Å². The van der Waals surface area contributed by atoms with Crippen molar-refractivity contribution in [3.8, 4) is 0 Å². The molecule has 0 bridgehead atoms. The number of piperidine rings is 1. The quantitative estimate of drug-likeness (QED) is 0.751. The van der Waals surface area contributed by atoms with Crippen LogP contribution in [-0.4, -0.2) is 24.5 Å². The molecule has 1 aliphatic heterocycles. The summed E-state index contributed by atoms with van der Waals surface area (Å²) in [7, 11) is 0. The molecule has 0 aromatic heterocycles. The van der Waals surface area contributed by atoms with E-state index < -0.39 is 0 Å². The molecule has 2 fully saturated rings. The Bertz CT molecular complexity index is 257. The Hall–Kier alpha value is -0.570. The summed E-state index contributed by atoms with van der Waals surface area (Å²) in [5, 5.41) is 6.50. The minimum absolute atomic E-state index is 0.0671. The summed E-state index contributed by atoms with van der Waals surface area (Å²) in [6.45, 7) is 5.57. The Morgan fingerprint density at radius 3 is 2.69 bits per heavy atom. The van der Waals surface area contributed by atoms with Crippen molar-refractivity contribution >= 4 is 5.91 Å². The lowest BCUT2D eigenvalue weighted by Gasteiger charge is -2.25. The number of hydrogen-bond acceptors (Lipinski definition) is 2. The average molecular weight is 224 g/mol. The third kappa shape index (κ3) is 2.97. The highest BCUT2D eigenvalue weighted by atomic mass is 16.2. The zero-order valence-corrected chi connectivity index (χ0v) is 10.5. The summed E-state index contributed by atoms with van der Waals surface area (Å²) in [5.41, 5.74) is 0.415. The van der Waals surface area contributed by atoms with E-state index in [0.717, 1.165) is 25.8 Å². The van der Waals surface area contributed by atoms with Gasteiger partial charge in [-0.05, 0) is 44.1 Å². The van der Waals surface area contributed by atoms with Gasteiger partial charge in [0.1, 0.15) is 0 Å². The largest absolute Gasteiger partial charge is 0.352 e. The van der Waals surface area contributed by atoms with Gasteiger partial charge < -0.3 is 10.6 Å². The maximum atomic E-state index is 12.0. The van der Waals surface area contributed by atoms with E-state index >= 15 is 0 Å². The number of carbonyl (C=O) groups excluding carboxylic acids is 1. The van der Waals surface area contributed by atoms with E-state index in [1.807, 2.05) is 0 Å². The zero-order valence-electron chi connectivity index (χ0n) is 10.5. The van der Waals surface area contributed by atoms with Crippen molar-refractivity contribution in [3.05, 3.63) is 0 Å². The molecule has 0 aromatic carbocycles. The first-order valence-corrected chi connectivity index (χ1v) is 6.61. The van der Waals surface area contributed by atoms with Crippen LogP contribution in [0, 0.1) is 5.41 Å². The highest BCUT2D eigenvalue weighted by Crippen LogP contribution is 2.36. The SMILES string of the molecule is CC1(C)CCC(NC(=O)C2CCCCN2)C1. The van der Waals surface area contributed by atoms with Gasteiger partial charge in [-0.3, -0.25) is 4.79 Å². The Morgan fingerprint density at radius 1 is 1.31 bits per heavy atom. The summed E-state index contributed by atoms with van der Waals surface area (Å²) >= 11 is 0. The van der Waals surface area contributed by atoms with Crippen LogP contribution in [0.25, 0.3) is 0 Å². The predicted octanol–water partition coefficient (Wildman–Crippen LogP) is 1.82. The van der Waals surface area contributed by atoms with E-state index in [9.17, 15) is 4.79 Å². The van der Waals surface area contributed by atoms with Gasteiger partial charge in [0.25, 0.3) is 0 Å². The predicted molar refractivity (Wildman–Crippen MR) is 65.2 cm³/mol. The fourth-order valence-electron chi connectivity index (χ4n) is 2.94. The lowest BCUT2D eigenvalue weighted by atomic mass is 9.92. The van der Waals surface area contributed by atoms with Crippen molar-refractivity contribution in [2.24, 2.45) is 5.41 Å². The molecule has 16 heavy (non-hydrogen) atoms. The molecule has 0 aromatic rings. The van der Waals surface area contributed by atoms with Crippen LogP contribution in [0.4, 0.5) is 0 Å². The zero-order chi connectivity index (χ0) is 11.6. The van der Waals surface area contributed by atoms with Gasteiger partial charge in [0.15, 0.2) is 0 Å². The van der Waals surface area contributed by atoms with E-state index in [-0.39, 0.29) is 11.9 Å². The average Bonchev–Trinajstić information content (AvgIpc) is 2.59. The first kappa shape index (κ1) is 11.9. The van der Waals surface area contributed by atoms with E-state index in [2.05, 4.69) is 24.5 Å². The van der Waals surface area contributed by atoms with Gasteiger partial charge in [0.2, 0.25) is 5.91 Å². The Balaban J connectivity index is 1.79. The van der Waals surface area contributed by atoms with Gasteiger partial charge in [-0.25, -0.2) is 0 Å². The van der Waals surface area contributed by atoms with E-state index in [4.69, 9.17) is 0 Å². The molecule has 2 aliphatic rings. The summed E-state index contributed by atoms with van der Waals surface area (Å²) in [5.74, 6) is 0.224. The van der Waals surface area contributed by atoms with Gasteiger partial charge in [0, 0.05) is 6.04 Å². The molecule has 1 heterocycles. The fourth-order valence-corrected chi connectivity index (χ4v) is 2.94. The molecule has 2 atom stereocenters. The molecule has 0 radical (unpaired) electrons. The van der Waals surface area contributed by atoms with Crippen LogP contribution >= 0.6 is 0 Å². The molecule has 3 nitrogen and oxygen atoms in total. The Kier molecular flexibility index (Phi) is 3.53. The Morgan fingerprint density at radius 2 is 2.12 bits per heavy atom. The van der Waals surface area contributed by atoms with Crippen LogP contribution in [0.2, 0.25) is 0 Å². The van der Waals surface area contributed by atoms with Crippen LogP contribution in [0.5, 0.6) is 0 Å². The third-order valence-electron chi connectivity index (χ3n) is 3.94. The molecule has 0 spiro atoms. The topological polar surface area (TPSA) is 41.1 Å². The molecule has 1 amide bonds. The summed E-state index contributed by atoms with van der Waals surface area (Å²) in [4.78, 5) is 12.0. The number of carbonyl (C=O) groups is 1. The first-order valence-electron chi connectivity index (χ1n) is 6.61. The summed E-state index contributed by atoms with van der Waals surface area (Å²) in [6, 6.07) is 0.476. The van der Waals surface area contributed by atoms with Crippen molar-refractivity contribution in [3.63, 3.8) is 0 Å². The molecule has 1 aliphatic carbocycles. The normalized spacial score (nSPS) is 33.6. The maximum Gasteiger partial charge on any atom is 0.237 e. The lowest BCUT2D eigenvalue weighted by molar-refractivity contribution is -0.124. The van der Waals surface area contributed by atoms with Crippen molar-refractivity contribution in [2.45, 2.75) is 64.5 Å². The molecule has 2 rings (SSSR count). The first-order chi connectivity index (χ1) is 7.57. The second-order valence-corrected chi connectivity index (χ2v) is 6.12. The molecular formula is C13H24N2O. The minimum atomic E-state index is 0.0671. The molecule has 3 heteroatoms. The van der Waals surface area contributed by atoms with Gasteiger partial charge in [0.05, 0.1) is 6.04 Å². The summed E-state index contributed by atoms with van der Waals surface area (Å²) < 4.78 is 0. The van der Waals surface area contributed by atoms with Crippen LogP contribution in [0.1, 0.15) is 52.4 Å². The monoisotopic (exact) mass is 224 g/mol. The van der Waals surface area contributed by atoms with Crippen LogP contribution in [0.15, 0.2) is 0 Å². The van der Waals surface area contributed by atoms with Crippen molar-refractivity contribution in [1.29, 1.82) is 0 Å². The van der Waals surface area contributed by atoms with E-state index in [1.54, 1.807) is 0 Å². The fraction of sp³-hybridized carbons (Fsp3) is 0.923. The molecular weight excluding hydrogens is 200 g/mol. The molecule has 2 unspecified atom stereocenters. The van der Waals surface area contributed by atoms with Crippen molar-refractivity contribution in [1.82, 2.24) is 10.6 Å². The second-order valence-electron chi connectivity index (χ2n) is 6.12. The van der Waals surface area contributed by atoms with Crippen molar-refractivity contribution in [2.75, 3.05) is 6.54 Å². The van der Waals surface area contributed by atoms with E-state index in [0.29, 0.717) is 11.5 Å². The molecule has 1 saturated carbocycles. The lowest BCUT2D eigenvalue weighted by Crippen LogP contribution is -2.49. The maximum absolute atomic E-state index is 12.0. The van der Waals surface area contributed by atoms with Crippen molar-refractivity contribution < 1.29 is 4.79 Å². The highest BCUT2D eigenvalue weighted by molar-refractivity contribution is 5.82. The summed E-state index contributed by atoms with van der Waals surface area (Å²) in [6.07, 6.45) is 6.90. The highest BCUT2D eigenvalue weighted by Gasteiger charge is 2.33. The second kappa shape index (κ2) is 4.74. The van der Waals surface area contributed by atoms with E-state index in [1.165, 1.54) is 19.3 Å². The standard InChI is InChI=1S/C13H24N2O/c1-13(2)7-6-10(9-13)15-12(16)11-5-3-4-8-14-11/h10-11,14H,3-9H2,1-2H3,(H,15,16). The minimum Gasteiger partial charge on any atom is -0.352 e. The number of amides is 1. The smallest absolute Gasteiger partial charge is 0.237 e. The molecule has 1 saturated heterocycles. The molecule has 92 valence electrons. The van der Waals surface area contributed by atoms with Crippen LogP contribution in [-0.2, 0) is 4.79 Å². The van der Waals surface area contributed by atoms with Gasteiger partial charge >= 0.3 is 0 Å². The third-order valence-corrected chi connectivity index (χ3v) is 3.94. The van der Waals surface area contributed by atoms with Gasteiger partial charge in [-0.2, -0.15) is 0 Å². The van der Waals surface area contributed by atoms with Gasteiger partial charge in [-0.1, -0.05) is 20.3 Å². The molecule has 2 N–H and O–H groups in total.